The van der Waals surface area contributed by atoms with E-state index in [9.17, 15) is 19.2 Å². The van der Waals surface area contributed by atoms with E-state index < -0.39 is 30.2 Å². The number of hydrogen-bond donors (Lipinski definition) is 6. The number of carbonyl (C=O) groups excluding carboxylic acids is 4. The lowest BCUT2D eigenvalue weighted by atomic mass is 9.81. The molecule has 32 heavy (non-hydrogen) atoms. The Bertz CT molecular complexity index is 1030. The van der Waals surface area contributed by atoms with Gasteiger partial charge in [-0.3, -0.25) is 24.5 Å². The van der Waals surface area contributed by atoms with Crippen LogP contribution in [0.25, 0.3) is 0 Å². The molecule has 4 atom stereocenters. The lowest BCUT2D eigenvalue weighted by molar-refractivity contribution is -0.144. The number of hydrogen-bond acceptors (Lipinski definition) is 6. The van der Waals surface area contributed by atoms with Crippen LogP contribution in [0.3, 0.4) is 0 Å². The van der Waals surface area contributed by atoms with E-state index in [4.69, 9.17) is 0 Å². The molecule has 0 aromatic heterocycles. The molecule has 2 saturated heterocycles. The fraction of sp³-hybridized carbons (Fsp3) is 0.273. The SMILES string of the molecule is CC(=O)Nc1ccc(NC(=O)C2CC(=O)NC3NC(Nc4ccccc4)NC(=O)C32)cc1. The quantitative estimate of drug-likeness (QED) is 0.409. The van der Waals surface area contributed by atoms with Gasteiger partial charge < -0.3 is 26.6 Å². The summed E-state index contributed by atoms with van der Waals surface area (Å²) in [5.74, 6) is -2.86. The Morgan fingerprint density at radius 2 is 1.53 bits per heavy atom. The Morgan fingerprint density at radius 3 is 2.19 bits per heavy atom. The summed E-state index contributed by atoms with van der Waals surface area (Å²) >= 11 is 0. The maximum Gasteiger partial charge on any atom is 0.229 e. The average molecular weight is 436 g/mol. The van der Waals surface area contributed by atoms with E-state index >= 15 is 0 Å². The van der Waals surface area contributed by atoms with Gasteiger partial charge in [0.2, 0.25) is 23.6 Å². The van der Waals surface area contributed by atoms with Crippen molar-refractivity contribution in [3.05, 3.63) is 54.6 Å². The van der Waals surface area contributed by atoms with Crippen LogP contribution < -0.4 is 31.9 Å². The highest BCUT2D eigenvalue weighted by atomic mass is 16.2. The van der Waals surface area contributed by atoms with Crippen LogP contribution in [0, 0.1) is 11.8 Å². The zero-order chi connectivity index (χ0) is 22.7. The summed E-state index contributed by atoms with van der Waals surface area (Å²) < 4.78 is 0. The Balaban J connectivity index is 1.44. The van der Waals surface area contributed by atoms with Gasteiger partial charge in [0.25, 0.3) is 0 Å². The highest BCUT2D eigenvalue weighted by molar-refractivity contribution is 6.00. The van der Waals surface area contributed by atoms with Crippen molar-refractivity contribution < 1.29 is 19.2 Å². The third-order valence-electron chi connectivity index (χ3n) is 5.34. The number of benzene rings is 2. The molecule has 10 heteroatoms. The molecule has 2 heterocycles. The third-order valence-corrected chi connectivity index (χ3v) is 5.34. The first kappa shape index (κ1) is 21.3. The van der Waals surface area contributed by atoms with Gasteiger partial charge in [-0.05, 0) is 36.4 Å². The van der Waals surface area contributed by atoms with Crippen LogP contribution >= 0.6 is 0 Å². The summed E-state index contributed by atoms with van der Waals surface area (Å²) in [6.45, 7) is 1.41. The van der Waals surface area contributed by atoms with Crippen molar-refractivity contribution in [2.24, 2.45) is 11.8 Å². The summed E-state index contributed by atoms with van der Waals surface area (Å²) in [4.78, 5) is 49.3. The Kier molecular flexibility index (Phi) is 6.04. The molecule has 0 radical (unpaired) electrons. The van der Waals surface area contributed by atoms with Crippen molar-refractivity contribution in [2.45, 2.75) is 25.8 Å². The molecule has 6 N–H and O–H groups in total. The van der Waals surface area contributed by atoms with Crippen LogP contribution in [0.5, 0.6) is 0 Å². The van der Waals surface area contributed by atoms with Crippen LogP contribution in [-0.2, 0) is 19.2 Å². The van der Waals surface area contributed by atoms with Crippen molar-refractivity contribution in [1.82, 2.24) is 16.0 Å². The van der Waals surface area contributed by atoms with Crippen molar-refractivity contribution in [2.75, 3.05) is 16.0 Å². The molecule has 4 rings (SSSR count). The Morgan fingerprint density at radius 1 is 0.875 bits per heavy atom. The molecule has 2 aliphatic rings. The van der Waals surface area contributed by atoms with Gasteiger partial charge in [-0.2, -0.15) is 0 Å². The van der Waals surface area contributed by atoms with Crippen LogP contribution in [0.1, 0.15) is 13.3 Å². The summed E-state index contributed by atoms with van der Waals surface area (Å²) in [6.07, 6.45) is -1.39. The van der Waals surface area contributed by atoms with E-state index in [0.717, 1.165) is 5.69 Å². The molecule has 0 spiro atoms. The zero-order valence-electron chi connectivity index (χ0n) is 17.3. The molecule has 0 saturated carbocycles. The van der Waals surface area contributed by atoms with Gasteiger partial charge in [0, 0.05) is 30.4 Å². The Labute approximate surface area is 184 Å². The second-order valence-electron chi connectivity index (χ2n) is 7.75. The fourth-order valence-electron chi connectivity index (χ4n) is 3.93. The molecule has 0 bridgehead atoms. The van der Waals surface area contributed by atoms with Crippen molar-refractivity contribution >= 4 is 40.7 Å². The van der Waals surface area contributed by atoms with E-state index in [1.54, 1.807) is 24.3 Å². The highest BCUT2D eigenvalue weighted by Crippen LogP contribution is 2.28. The first-order chi connectivity index (χ1) is 15.4. The minimum Gasteiger partial charge on any atom is -0.353 e. The largest absolute Gasteiger partial charge is 0.353 e. The van der Waals surface area contributed by atoms with Crippen molar-refractivity contribution in [3.8, 4) is 0 Å². The number of amides is 4. The van der Waals surface area contributed by atoms with E-state index in [-0.39, 0.29) is 24.1 Å². The fourth-order valence-corrected chi connectivity index (χ4v) is 3.93. The first-order valence-electron chi connectivity index (χ1n) is 10.2. The zero-order valence-corrected chi connectivity index (χ0v) is 17.3. The number of rotatable bonds is 5. The lowest BCUT2D eigenvalue weighted by Crippen LogP contribution is -2.72. The average Bonchev–Trinajstić information content (AvgIpc) is 2.74. The van der Waals surface area contributed by atoms with E-state index in [0.29, 0.717) is 11.4 Å². The standard InChI is InChI=1S/C22H24N6O4/c1-12(29)23-14-7-9-15(10-8-14)24-20(31)16-11-17(30)26-19-18(16)21(32)28-22(27-19)25-13-5-3-2-4-6-13/h2-10,16,18-19,22,25,27H,11H2,1H3,(H,23,29)(H,24,31)(H,26,30)(H,28,32). The van der Waals surface area contributed by atoms with Crippen molar-refractivity contribution in [1.29, 1.82) is 0 Å². The molecule has 2 fully saturated rings. The number of fused-ring (bicyclic) bond motifs is 1. The summed E-state index contributed by atoms with van der Waals surface area (Å²) in [5.41, 5.74) is 1.89. The molecule has 2 aromatic carbocycles. The van der Waals surface area contributed by atoms with Crippen LogP contribution in [0.2, 0.25) is 0 Å². The van der Waals surface area contributed by atoms with Gasteiger partial charge in [-0.15, -0.1) is 0 Å². The van der Waals surface area contributed by atoms with Gasteiger partial charge in [0.1, 0.15) is 0 Å². The maximum atomic E-state index is 13.0. The molecule has 2 aliphatic heterocycles. The number of piperidine rings is 1. The van der Waals surface area contributed by atoms with Gasteiger partial charge in [0.05, 0.1) is 18.0 Å². The van der Waals surface area contributed by atoms with E-state index in [1.165, 1.54) is 6.92 Å². The Hall–Kier alpha value is -3.92. The molecular formula is C22H24N6O4. The first-order valence-corrected chi connectivity index (χ1v) is 10.2. The second-order valence-corrected chi connectivity index (χ2v) is 7.75. The van der Waals surface area contributed by atoms with Crippen LogP contribution in [-0.4, -0.2) is 36.1 Å². The molecule has 2 aromatic rings. The monoisotopic (exact) mass is 436 g/mol. The maximum absolute atomic E-state index is 13.0. The number of carbonyl (C=O) groups is 4. The van der Waals surface area contributed by atoms with Crippen molar-refractivity contribution in [3.63, 3.8) is 0 Å². The van der Waals surface area contributed by atoms with Gasteiger partial charge in [-0.1, -0.05) is 18.2 Å². The van der Waals surface area contributed by atoms with Gasteiger partial charge in [-0.25, -0.2) is 0 Å². The smallest absolute Gasteiger partial charge is 0.229 e. The third kappa shape index (κ3) is 4.86. The van der Waals surface area contributed by atoms with E-state index in [2.05, 4.69) is 31.9 Å². The summed E-state index contributed by atoms with van der Waals surface area (Å²) in [6, 6.07) is 15.9. The van der Waals surface area contributed by atoms with E-state index in [1.807, 2.05) is 30.3 Å². The molecule has 10 nitrogen and oxygen atoms in total. The van der Waals surface area contributed by atoms with Crippen LogP contribution in [0.15, 0.2) is 54.6 Å². The second kappa shape index (κ2) is 9.06. The minimum atomic E-state index is -0.839. The van der Waals surface area contributed by atoms with Gasteiger partial charge in [0.15, 0.2) is 6.29 Å². The molecular weight excluding hydrogens is 412 g/mol. The molecule has 4 unspecified atom stereocenters. The lowest BCUT2D eigenvalue weighted by Gasteiger charge is -2.43. The summed E-state index contributed by atoms with van der Waals surface area (Å²) in [5, 5.41) is 17.3. The normalized spacial score (nSPS) is 24.4. The number of para-hydroxylation sites is 1. The van der Waals surface area contributed by atoms with Crippen LogP contribution in [0.4, 0.5) is 17.1 Å². The number of anilines is 3. The highest BCUT2D eigenvalue weighted by Gasteiger charge is 2.48. The predicted molar refractivity (Wildman–Crippen MR) is 118 cm³/mol. The number of nitrogens with one attached hydrogen (secondary N) is 6. The van der Waals surface area contributed by atoms with Gasteiger partial charge >= 0.3 is 0 Å². The predicted octanol–water partition coefficient (Wildman–Crippen LogP) is 0.777. The molecule has 166 valence electrons. The topological polar surface area (TPSA) is 140 Å². The molecule has 4 amide bonds. The molecule has 0 aliphatic carbocycles. The summed E-state index contributed by atoms with van der Waals surface area (Å²) in [7, 11) is 0. The minimum absolute atomic E-state index is 0.0944.